The zero-order chi connectivity index (χ0) is 27.6. The summed E-state index contributed by atoms with van der Waals surface area (Å²) in [4.78, 5) is 15.0. The number of carbonyl (C=O) groups excluding carboxylic acids is 1. The van der Waals surface area contributed by atoms with Crippen LogP contribution in [0.4, 0.5) is 18.9 Å². The highest BCUT2D eigenvalue weighted by atomic mass is 19.4. The second-order valence-corrected chi connectivity index (χ2v) is 12.2. The fourth-order valence-electron chi connectivity index (χ4n) is 6.90. The highest BCUT2D eigenvalue weighted by molar-refractivity contribution is 6.10. The number of alkyl halides is 3. The lowest BCUT2D eigenvalue weighted by Gasteiger charge is -2.45. The monoisotopic (exact) mass is 537 g/mol. The van der Waals surface area contributed by atoms with Gasteiger partial charge in [-0.25, -0.2) is 0 Å². The molecule has 0 bridgehead atoms. The summed E-state index contributed by atoms with van der Waals surface area (Å²) in [6, 6.07) is 10.5. The number of anilines is 1. The highest BCUT2D eigenvalue weighted by Gasteiger charge is 2.47. The summed E-state index contributed by atoms with van der Waals surface area (Å²) in [5, 5.41) is 11.9. The fraction of sp³-hybridized carbons (Fsp3) is 0.500. The van der Waals surface area contributed by atoms with Crippen LogP contribution in [-0.2, 0) is 38.1 Å². The van der Waals surface area contributed by atoms with E-state index in [2.05, 4.69) is 29.4 Å². The molecular formula is C30H34F3N5O. The van der Waals surface area contributed by atoms with E-state index in [0.717, 1.165) is 49.9 Å². The molecule has 6 nitrogen and oxygen atoms in total. The number of carbonyl (C=O) groups is 1. The molecule has 0 spiro atoms. The Morgan fingerprint density at radius 2 is 1.90 bits per heavy atom. The number of aryl methyl sites for hydroxylation is 1. The zero-order valence-electron chi connectivity index (χ0n) is 22.6. The van der Waals surface area contributed by atoms with Gasteiger partial charge in [-0.3, -0.25) is 4.79 Å². The second kappa shape index (κ2) is 9.18. The van der Waals surface area contributed by atoms with Crippen molar-refractivity contribution in [1.82, 2.24) is 20.1 Å². The number of rotatable bonds is 7. The Balaban J connectivity index is 1.28. The molecule has 39 heavy (non-hydrogen) atoms. The lowest BCUT2D eigenvalue weighted by atomic mass is 9.59. The van der Waals surface area contributed by atoms with Crippen molar-refractivity contribution in [2.24, 2.45) is 13.0 Å². The molecule has 1 aliphatic heterocycles. The quantitative estimate of drug-likeness (QED) is 0.405. The number of benzene rings is 2. The highest BCUT2D eigenvalue weighted by Crippen LogP contribution is 2.49. The molecule has 9 heteroatoms. The number of aromatic nitrogens is 3. The number of nitrogens with one attached hydrogen (secondary N) is 1. The molecule has 206 valence electrons. The van der Waals surface area contributed by atoms with Crippen LogP contribution < -0.4 is 10.2 Å². The number of hydrogen-bond acceptors (Lipinski definition) is 4. The normalized spacial score (nSPS) is 23.9. The van der Waals surface area contributed by atoms with Gasteiger partial charge < -0.3 is 14.8 Å². The van der Waals surface area contributed by atoms with Gasteiger partial charge in [-0.2, -0.15) is 13.2 Å². The van der Waals surface area contributed by atoms with Gasteiger partial charge in [0.15, 0.2) is 0 Å². The lowest BCUT2D eigenvalue weighted by molar-refractivity contribution is -0.138. The number of nitrogens with zero attached hydrogens (tertiary/aromatic N) is 4. The lowest BCUT2D eigenvalue weighted by Crippen LogP contribution is -2.47. The Morgan fingerprint density at radius 3 is 2.51 bits per heavy atom. The molecule has 2 fully saturated rings. The average Bonchev–Trinajstić information content (AvgIpc) is 3.42. The van der Waals surface area contributed by atoms with Gasteiger partial charge in [-0.05, 0) is 92.3 Å². The van der Waals surface area contributed by atoms with Crippen LogP contribution in [0.5, 0.6) is 0 Å². The van der Waals surface area contributed by atoms with E-state index < -0.39 is 11.7 Å². The van der Waals surface area contributed by atoms with Crippen LogP contribution in [0.25, 0.3) is 0 Å². The summed E-state index contributed by atoms with van der Waals surface area (Å²) in [6.45, 7) is 4.52. The summed E-state index contributed by atoms with van der Waals surface area (Å²) in [7, 11) is 1.95. The van der Waals surface area contributed by atoms with Crippen molar-refractivity contribution in [2.45, 2.75) is 82.6 Å². The smallest absolute Gasteiger partial charge is 0.320 e. The Morgan fingerprint density at radius 1 is 1.13 bits per heavy atom. The van der Waals surface area contributed by atoms with Crippen LogP contribution in [0.2, 0.25) is 0 Å². The summed E-state index contributed by atoms with van der Waals surface area (Å²) in [5.41, 5.74) is 1.44. The summed E-state index contributed by atoms with van der Waals surface area (Å²) in [5.74, 6) is 1.14. The van der Waals surface area contributed by atoms with Crippen LogP contribution in [0, 0.1) is 5.92 Å². The fourth-order valence-corrected chi connectivity index (χ4v) is 6.90. The average molecular weight is 538 g/mol. The van der Waals surface area contributed by atoms with Crippen LogP contribution >= 0.6 is 0 Å². The van der Waals surface area contributed by atoms with Crippen molar-refractivity contribution in [2.75, 3.05) is 4.90 Å². The van der Waals surface area contributed by atoms with Crippen molar-refractivity contribution >= 4 is 11.6 Å². The minimum Gasteiger partial charge on any atom is -0.320 e. The van der Waals surface area contributed by atoms with E-state index in [9.17, 15) is 18.0 Å². The van der Waals surface area contributed by atoms with E-state index in [1.165, 1.54) is 11.0 Å². The van der Waals surface area contributed by atoms with E-state index >= 15 is 0 Å². The van der Waals surface area contributed by atoms with E-state index in [4.69, 9.17) is 0 Å². The van der Waals surface area contributed by atoms with Crippen molar-refractivity contribution in [3.8, 4) is 0 Å². The van der Waals surface area contributed by atoms with E-state index in [1.54, 1.807) is 18.5 Å². The van der Waals surface area contributed by atoms with E-state index in [1.807, 2.05) is 29.8 Å². The minimum absolute atomic E-state index is 0.0471. The molecule has 3 aliphatic rings. The Hall–Kier alpha value is -3.20. The molecule has 2 aromatic carbocycles. The third-order valence-corrected chi connectivity index (χ3v) is 9.01. The number of hydrogen-bond donors (Lipinski definition) is 1. The topological polar surface area (TPSA) is 63.1 Å². The van der Waals surface area contributed by atoms with Gasteiger partial charge in [0.2, 0.25) is 0 Å². The molecule has 2 saturated carbocycles. The molecule has 0 atom stereocenters. The summed E-state index contributed by atoms with van der Waals surface area (Å²) < 4.78 is 44.5. The van der Waals surface area contributed by atoms with Gasteiger partial charge in [0.05, 0.1) is 12.1 Å². The summed E-state index contributed by atoms with van der Waals surface area (Å²) in [6.07, 6.45) is 3.01. The zero-order valence-corrected chi connectivity index (χ0v) is 22.6. The number of amides is 1. The van der Waals surface area contributed by atoms with E-state index in [-0.39, 0.29) is 34.5 Å². The first-order valence-electron chi connectivity index (χ1n) is 13.7. The molecule has 1 aromatic heterocycles. The maximum atomic E-state index is 14.2. The molecule has 1 N–H and O–H groups in total. The number of fused-ring (bicyclic) bond motifs is 1. The molecular weight excluding hydrogens is 503 g/mol. The molecule has 0 radical (unpaired) electrons. The van der Waals surface area contributed by atoms with Gasteiger partial charge in [-0.1, -0.05) is 19.1 Å². The first-order chi connectivity index (χ1) is 18.5. The van der Waals surface area contributed by atoms with Crippen molar-refractivity contribution in [1.29, 1.82) is 0 Å². The van der Waals surface area contributed by atoms with Crippen molar-refractivity contribution in [3.05, 3.63) is 76.4 Å². The molecule has 6 rings (SSSR count). The molecule has 3 aromatic rings. The standard InChI is InChI=1S/C30H34F3N5O/c1-19-13-29(14-19,27-36-35-18-37(27)3)15-20-6-4-7-22(10-20)38-17-24-23(26(38)39)11-21(12-25(24)30(31,32)33)16-34-28(2)8-5-9-28/h4,6-7,10-12,18-19,34H,5,8-9,13-17H2,1-3H3. The van der Waals surface area contributed by atoms with Crippen molar-refractivity contribution < 1.29 is 18.0 Å². The molecule has 0 unspecified atom stereocenters. The Kier molecular flexibility index (Phi) is 6.13. The Labute approximate surface area is 226 Å². The van der Waals surface area contributed by atoms with Gasteiger partial charge in [0, 0.05) is 35.8 Å². The van der Waals surface area contributed by atoms with Gasteiger partial charge >= 0.3 is 6.18 Å². The number of halogens is 3. The van der Waals surface area contributed by atoms with Crippen molar-refractivity contribution in [3.63, 3.8) is 0 Å². The minimum atomic E-state index is -4.54. The maximum Gasteiger partial charge on any atom is 0.416 e. The second-order valence-electron chi connectivity index (χ2n) is 12.2. The van der Waals surface area contributed by atoms with Crippen LogP contribution in [-0.4, -0.2) is 26.2 Å². The van der Waals surface area contributed by atoms with Gasteiger partial charge in [-0.15, -0.1) is 10.2 Å². The predicted octanol–water partition coefficient (Wildman–Crippen LogP) is 5.94. The van der Waals surface area contributed by atoms with Crippen LogP contribution in [0.3, 0.4) is 0 Å². The van der Waals surface area contributed by atoms with Gasteiger partial charge in [0.25, 0.3) is 5.91 Å². The molecule has 1 amide bonds. The molecule has 2 heterocycles. The largest absolute Gasteiger partial charge is 0.416 e. The Bertz CT molecular complexity index is 1420. The summed E-state index contributed by atoms with van der Waals surface area (Å²) >= 11 is 0. The third-order valence-electron chi connectivity index (χ3n) is 9.01. The van der Waals surface area contributed by atoms with Crippen LogP contribution in [0.1, 0.15) is 84.4 Å². The SMILES string of the molecule is CC1CC(Cc2cccc(N3Cc4c(cc(CNC5(C)CCC5)cc4C(F)(F)F)C3=O)c2)(c2nncn2C)C1. The predicted molar refractivity (Wildman–Crippen MR) is 142 cm³/mol. The molecule has 0 saturated heterocycles. The van der Waals surface area contributed by atoms with Gasteiger partial charge in [0.1, 0.15) is 12.2 Å². The first-order valence-corrected chi connectivity index (χ1v) is 13.7. The van der Waals surface area contributed by atoms with Crippen LogP contribution in [0.15, 0.2) is 42.7 Å². The third kappa shape index (κ3) is 4.64. The molecule has 2 aliphatic carbocycles. The first kappa shape index (κ1) is 26.0. The van der Waals surface area contributed by atoms with E-state index in [0.29, 0.717) is 23.7 Å². The maximum absolute atomic E-state index is 14.2.